The Hall–Kier alpha value is -2.80. The Morgan fingerprint density at radius 2 is 2.03 bits per heavy atom. The zero-order valence-corrected chi connectivity index (χ0v) is 19.8. The zero-order valence-electron chi connectivity index (χ0n) is 19.0. The topological polar surface area (TPSA) is 140 Å². The molecule has 2 rings (SSSR count). The van der Waals surface area contributed by atoms with Crippen molar-refractivity contribution < 1.29 is 32.8 Å². The normalized spacial score (nSPS) is 19.2. The average molecular weight is 484 g/mol. The van der Waals surface area contributed by atoms with Crippen molar-refractivity contribution in [2.75, 3.05) is 19.8 Å². The van der Waals surface area contributed by atoms with E-state index < -0.39 is 55.9 Å². The Kier molecular flexibility index (Phi) is 8.36. The SMILES string of the molecule is C=CCON([C@@H]1C=C(C)[C@@H](CO)N(C(=O)OC(C)(C)C)C1)S(=O)(=O)c1ccccc1[N+](=O)[O-]. The van der Waals surface area contributed by atoms with Crippen LogP contribution in [0.5, 0.6) is 0 Å². The summed E-state index contributed by atoms with van der Waals surface area (Å²) in [6.07, 6.45) is 2.12. The van der Waals surface area contributed by atoms with Gasteiger partial charge in [0.1, 0.15) is 5.60 Å². The van der Waals surface area contributed by atoms with Crippen molar-refractivity contribution in [1.29, 1.82) is 0 Å². The second-order valence-electron chi connectivity index (χ2n) is 8.38. The first kappa shape index (κ1) is 26.5. The van der Waals surface area contributed by atoms with Crippen molar-refractivity contribution in [3.63, 3.8) is 0 Å². The fourth-order valence-electron chi connectivity index (χ4n) is 3.33. The summed E-state index contributed by atoms with van der Waals surface area (Å²) < 4.78 is 33.0. The van der Waals surface area contributed by atoms with Gasteiger partial charge in [-0.25, -0.2) is 13.2 Å². The van der Waals surface area contributed by atoms with E-state index in [-0.39, 0.29) is 13.2 Å². The minimum Gasteiger partial charge on any atom is -0.444 e. The van der Waals surface area contributed by atoms with Gasteiger partial charge in [0.2, 0.25) is 0 Å². The van der Waals surface area contributed by atoms with E-state index in [1.807, 2.05) is 0 Å². The number of aliphatic hydroxyl groups is 1. The third kappa shape index (κ3) is 6.16. The molecule has 0 aliphatic carbocycles. The van der Waals surface area contributed by atoms with Crippen molar-refractivity contribution in [3.8, 4) is 0 Å². The number of benzene rings is 1. The molecule has 182 valence electrons. The molecule has 0 bridgehead atoms. The Bertz CT molecular complexity index is 1030. The number of nitro benzene ring substituents is 1. The lowest BCUT2D eigenvalue weighted by Gasteiger charge is -2.40. The van der Waals surface area contributed by atoms with Crippen LogP contribution in [0.3, 0.4) is 0 Å². The second-order valence-corrected chi connectivity index (χ2v) is 10.1. The van der Waals surface area contributed by atoms with Crippen LogP contribution in [0.4, 0.5) is 10.5 Å². The van der Waals surface area contributed by atoms with Crippen molar-refractivity contribution >= 4 is 21.8 Å². The minimum absolute atomic E-state index is 0.209. The van der Waals surface area contributed by atoms with E-state index in [1.54, 1.807) is 27.7 Å². The van der Waals surface area contributed by atoms with Crippen LogP contribution in [0.15, 0.2) is 53.5 Å². The van der Waals surface area contributed by atoms with Crippen LogP contribution in [-0.4, -0.2) is 71.4 Å². The van der Waals surface area contributed by atoms with Gasteiger partial charge in [-0.2, -0.15) is 0 Å². The third-order valence-electron chi connectivity index (χ3n) is 4.71. The maximum absolute atomic E-state index is 13.5. The molecule has 1 aliphatic rings. The van der Waals surface area contributed by atoms with Gasteiger partial charge >= 0.3 is 6.09 Å². The van der Waals surface area contributed by atoms with Crippen molar-refractivity contribution in [1.82, 2.24) is 9.37 Å². The molecule has 0 fully saturated rings. The van der Waals surface area contributed by atoms with Crippen LogP contribution in [0.2, 0.25) is 0 Å². The third-order valence-corrected chi connectivity index (χ3v) is 6.46. The number of rotatable bonds is 8. The van der Waals surface area contributed by atoms with Gasteiger partial charge in [-0.3, -0.25) is 19.9 Å². The maximum atomic E-state index is 13.5. The number of nitro groups is 1. The zero-order chi connectivity index (χ0) is 25.0. The van der Waals surface area contributed by atoms with Crippen molar-refractivity contribution in [2.24, 2.45) is 0 Å². The highest BCUT2D eigenvalue weighted by Crippen LogP contribution is 2.31. The van der Waals surface area contributed by atoms with Crippen LogP contribution in [0, 0.1) is 10.1 Å². The lowest BCUT2D eigenvalue weighted by atomic mass is 10.00. The highest BCUT2D eigenvalue weighted by Gasteiger charge is 2.42. The van der Waals surface area contributed by atoms with E-state index in [0.717, 1.165) is 12.1 Å². The quantitative estimate of drug-likeness (QED) is 0.338. The summed E-state index contributed by atoms with van der Waals surface area (Å²) in [6.45, 7) is 9.37. The number of aliphatic hydroxyl groups excluding tert-OH is 1. The van der Waals surface area contributed by atoms with Crippen LogP contribution >= 0.6 is 0 Å². The van der Waals surface area contributed by atoms with Gasteiger partial charge in [0, 0.05) is 12.6 Å². The first-order valence-electron chi connectivity index (χ1n) is 10.1. The summed E-state index contributed by atoms with van der Waals surface area (Å²) in [5.41, 5.74) is -0.930. The Balaban J connectivity index is 2.55. The van der Waals surface area contributed by atoms with Crippen molar-refractivity contribution in [3.05, 3.63) is 58.7 Å². The predicted octanol–water partition coefficient (Wildman–Crippen LogP) is 2.63. The molecule has 0 radical (unpaired) electrons. The number of para-hydroxylation sites is 1. The second kappa shape index (κ2) is 10.4. The van der Waals surface area contributed by atoms with Crippen molar-refractivity contribution in [2.45, 2.75) is 50.3 Å². The molecule has 1 aliphatic heterocycles. The fourth-order valence-corrected chi connectivity index (χ4v) is 4.86. The fraction of sp³-hybridized carbons (Fsp3) is 0.476. The molecule has 0 saturated heterocycles. The van der Waals surface area contributed by atoms with Gasteiger partial charge in [0.25, 0.3) is 15.7 Å². The molecule has 11 nitrogen and oxygen atoms in total. The highest BCUT2D eigenvalue weighted by atomic mass is 32.2. The van der Waals surface area contributed by atoms with E-state index in [4.69, 9.17) is 9.57 Å². The summed E-state index contributed by atoms with van der Waals surface area (Å²) >= 11 is 0. The summed E-state index contributed by atoms with van der Waals surface area (Å²) in [5.74, 6) is 0. The van der Waals surface area contributed by atoms with Gasteiger partial charge in [-0.05, 0) is 33.8 Å². The summed E-state index contributed by atoms with van der Waals surface area (Å²) in [6, 6.07) is 3.13. The number of carbonyl (C=O) groups excluding carboxylic acids is 1. The lowest BCUT2D eigenvalue weighted by Crippen LogP contribution is -2.56. The maximum Gasteiger partial charge on any atom is 0.410 e. The molecule has 1 amide bonds. The first-order chi connectivity index (χ1) is 15.3. The number of ether oxygens (including phenoxy) is 1. The summed E-state index contributed by atoms with van der Waals surface area (Å²) in [5, 5.41) is 21.3. The Morgan fingerprint density at radius 3 is 2.58 bits per heavy atom. The van der Waals surface area contributed by atoms with Crippen LogP contribution in [0.25, 0.3) is 0 Å². The van der Waals surface area contributed by atoms with Gasteiger partial charge in [0.15, 0.2) is 4.90 Å². The molecule has 12 heteroatoms. The van der Waals surface area contributed by atoms with Gasteiger partial charge in [0.05, 0.1) is 30.2 Å². The molecule has 0 spiro atoms. The van der Waals surface area contributed by atoms with Gasteiger partial charge in [-0.1, -0.05) is 34.3 Å². The summed E-state index contributed by atoms with van der Waals surface area (Å²) in [7, 11) is -4.54. The Labute approximate surface area is 193 Å². The average Bonchev–Trinajstić information content (AvgIpc) is 2.72. The molecule has 0 saturated carbocycles. The standard InChI is InChI=1S/C21H29N3O8S/c1-6-11-31-24(33(29,30)19-10-8-7-9-17(19)23(27)28)16-12-15(2)18(14-25)22(13-16)20(26)32-21(3,4)5/h6-10,12,16,18,25H,1,11,13-14H2,2-5H3/t16-,18-/m1/s1. The highest BCUT2D eigenvalue weighted by molar-refractivity contribution is 7.89. The van der Waals surface area contributed by atoms with E-state index in [1.165, 1.54) is 29.2 Å². The van der Waals surface area contributed by atoms with Crippen LogP contribution in [-0.2, 0) is 19.6 Å². The molecule has 0 aromatic heterocycles. The van der Waals surface area contributed by atoms with E-state index in [0.29, 0.717) is 10.0 Å². The number of hydrogen-bond acceptors (Lipinski definition) is 8. The smallest absolute Gasteiger partial charge is 0.410 e. The number of hydrogen-bond donors (Lipinski definition) is 1. The molecule has 1 heterocycles. The molecule has 1 N–H and O–H groups in total. The summed E-state index contributed by atoms with van der Waals surface area (Å²) in [4.78, 5) is 29.6. The first-order valence-corrected chi connectivity index (χ1v) is 11.6. The van der Waals surface area contributed by atoms with Crippen LogP contribution < -0.4 is 0 Å². The lowest BCUT2D eigenvalue weighted by molar-refractivity contribution is -0.387. The largest absolute Gasteiger partial charge is 0.444 e. The molecule has 33 heavy (non-hydrogen) atoms. The molecule has 0 unspecified atom stereocenters. The van der Waals surface area contributed by atoms with Gasteiger partial charge in [-0.15, -0.1) is 6.58 Å². The van der Waals surface area contributed by atoms with E-state index in [9.17, 15) is 28.4 Å². The molecule has 2 atom stereocenters. The number of hydroxylamine groups is 1. The Morgan fingerprint density at radius 1 is 1.39 bits per heavy atom. The predicted molar refractivity (Wildman–Crippen MR) is 120 cm³/mol. The van der Waals surface area contributed by atoms with Crippen LogP contribution in [0.1, 0.15) is 27.7 Å². The number of sulfonamides is 1. The monoisotopic (exact) mass is 483 g/mol. The molecular formula is C21H29N3O8S. The molecular weight excluding hydrogens is 454 g/mol. The number of amides is 1. The molecule has 1 aromatic rings. The van der Waals surface area contributed by atoms with E-state index >= 15 is 0 Å². The number of carbonyl (C=O) groups is 1. The molecule has 1 aromatic carbocycles. The minimum atomic E-state index is -4.54. The van der Waals surface area contributed by atoms with Gasteiger partial charge < -0.3 is 9.84 Å². The number of nitrogens with zero attached hydrogens (tertiary/aromatic N) is 3. The van der Waals surface area contributed by atoms with E-state index in [2.05, 4.69) is 6.58 Å².